The highest BCUT2D eigenvalue weighted by atomic mass is 16.5. The number of anilines is 1. The molecule has 1 atom stereocenters. The molecule has 1 aliphatic heterocycles. The van der Waals surface area contributed by atoms with E-state index in [2.05, 4.69) is 25.3 Å². The Morgan fingerprint density at radius 2 is 1.92 bits per heavy atom. The molecule has 0 saturated carbocycles. The Labute approximate surface area is 226 Å². The van der Waals surface area contributed by atoms with E-state index < -0.39 is 11.7 Å². The third-order valence-electron chi connectivity index (χ3n) is 6.67. The molecule has 0 amide bonds. The van der Waals surface area contributed by atoms with Crippen LogP contribution in [0.2, 0.25) is 0 Å². The number of H-pyrrole nitrogens is 1. The summed E-state index contributed by atoms with van der Waals surface area (Å²) in [5, 5.41) is 15.7. The van der Waals surface area contributed by atoms with Gasteiger partial charge in [-0.2, -0.15) is 4.68 Å². The zero-order valence-corrected chi connectivity index (χ0v) is 21.8. The maximum Gasteiger partial charge on any atom is 0.349 e. The summed E-state index contributed by atoms with van der Waals surface area (Å²) in [6.45, 7) is 3.67. The Bertz CT molecular complexity index is 1460. The minimum atomic E-state index is -0.543. The van der Waals surface area contributed by atoms with E-state index in [-0.39, 0.29) is 5.84 Å². The van der Waals surface area contributed by atoms with Gasteiger partial charge in [-0.3, -0.25) is 15.3 Å². The lowest BCUT2D eigenvalue weighted by molar-refractivity contribution is 0.230. The van der Waals surface area contributed by atoms with Crippen LogP contribution in [0.1, 0.15) is 35.8 Å². The number of methoxy groups -OCH3 is 1. The number of benzene rings is 2. The number of aromatic nitrogens is 4. The summed E-state index contributed by atoms with van der Waals surface area (Å²) in [5.74, 6) is 2.03. The van der Waals surface area contributed by atoms with Gasteiger partial charge in [0.25, 0.3) is 0 Å². The number of aromatic amines is 1. The van der Waals surface area contributed by atoms with Crippen molar-refractivity contribution in [3.8, 4) is 17.3 Å². The van der Waals surface area contributed by atoms with Crippen LogP contribution in [0.5, 0.6) is 11.5 Å². The van der Waals surface area contributed by atoms with E-state index in [0.29, 0.717) is 35.3 Å². The fraction of sp³-hybridized carbons (Fsp3) is 0.286. The zero-order valence-electron chi connectivity index (χ0n) is 21.8. The fourth-order valence-corrected chi connectivity index (χ4v) is 4.60. The van der Waals surface area contributed by atoms with Gasteiger partial charge in [0.15, 0.2) is 23.1 Å². The number of hydrogen-bond donors (Lipinski definition) is 4. The van der Waals surface area contributed by atoms with Crippen molar-refractivity contribution in [1.29, 1.82) is 5.41 Å². The molecule has 2 aromatic carbocycles. The normalized spacial score (nSPS) is 14.2. The van der Waals surface area contributed by atoms with Crippen LogP contribution >= 0.6 is 0 Å². The summed E-state index contributed by atoms with van der Waals surface area (Å²) in [6, 6.07) is 17.6. The lowest BCUT2D eigenvalue weighted by Crippen LogP contribution is -2.25. The fourth-order valence-electron chi connectivity index (χ4n) is 4.60. The SMILES string of the molecule is COc1cc(C(Nc2ccc(C(=N)N)cc2)c2nn(-c3ccccn3)c(=O)[nH]2)ccc1OCCN1CCCC1. The van der Waals surface area contributed by atoms with Gasteiger partial charge in [-0.05, 0) is 80.0 Å². The molecule has 0 aliphatic carbocycles. The topological polar surface area (TPSA) is 147 Å². The van der Waals surface area contributed by atoms with Crippen molar-refractivity contribution >= 4 is 11.5 Å². The van der Waals surface area contributed by atoms with Gasteiger partial charge in [-0.1, -0.05) is 12.1 Å². The van der Waals surface area contributed by atoms with Gasteiger partial charge in [0.2, 0.25) is 0 Å². The number of nitrogens with zero attached hydrogens (tertiary/aromatic N) is 4. The number of ether oxygens (including phenoxy) is 2. The molecule has 0 radical (unpaired) electrons. The second-order valence-electron chi connectivity index (χ2n) is 9.29. The molecule has 4 aromatic rings. The molecule has 0 bridgehead atoms. The van der Waals surface area contributed by atoms with Crippen molar-refractivity contribution in [3.05, 3.63) is 94.3 Å². The van der Waals surface area contributed by atoms with Gasteiger partial charge in [-0.15, -0.1) is 5.10 Å². The molecule has 11 nitrogen and oxygen atoms in total. The van der Waals surface area contributed by atoms with Crippen LogP contribution in [-0.4, -0.2) is 63.8 Å². The number of amidine groups is 1. The average Bonchev–Trinajstić information content (AvgIpc) is 3.62. The quantitative estimate of drug-likeness (QED) is 0.172. The Balaban J connectivity index is 1.45. The molecule has 11 heteroatoms. The van der Waals surface area contributed by atoms with E-state index in [9.17, 15) is 4.79 Å². The van der Waals surface area contributed by atoms with Crippen molar-refractivity contribution < 1.29 is 9.47 Å². The summed E-state index contributed by atoms with van der Waals surface area (Å²) >= 11 is 0. The monoisotopic (exact) mass is 528 g/mol. The highest BCUT2D eigenvalue weighted by molar-refractivity contribution is 5.95. The smallest absolute Gasteiger partial charge is 0.349 e. The maximum absolute atomic E-state index is 12.8. The van der Waals surface area contributed by atoms with Crippen LogP contribution in [0.3, 0.4) is 0 Å². The average molecular weight is 529 g/mol. The number of hydrogen-bond acceptors (Lipinski definition) is 8. The van der Waals surface area contributed by atoms with Crippen LogP contribution in [0.25, 0.3) is 5.82 Å². The molecule has 1 aliphatic rings. The van der Waals surface area contributed by atoms with E-state index in [1.165, 1.54) is 17.5 Å². The van der Waals surface area contributed by atoms with Gasteiger partial charge in [0.05, 0.1) is 7.11 Å². The Morgan fingerprint density at radius 1 is 1.13 bits per heavy atom. The number of nitrogen functional groups attached to an aromatic ring is 1. The van der Waals surface area contributed by atoms with Crippen LogP contribution < -0.4 is 26.2 Å². The van der Waals surface area contributed by atoms with E-state index in [0.717, 1.165) is 30.9 Å². The maximum atomic E-state index is 12.8. The molecular weight excluding hydrogens is 496 g/mol. The lowest BCUT2D eigenvalue weighted by Gasteiger charge is -2.21. The second-order valence-corrected chi connectivity index (χ2v) is 9.29. The minimum absolute atomic E-state index is 0.0124. The summed E-state index contributed by atoms with van der Waals surface area (Å²) < 4.78 is 13.0. The van der Waals surface area contributed by atoms with Gasteiger partial charge in [0, 0.05) is 24.0 Å². The molecule has 5 rings (SSSR count). The largest absolute Gasteiger partial charge is 0.493 e. The molecule has 5 N–H and O–H groups in total. The molecule has 1 saturated heterocycles. The van der Waals surface area contributed by atoms with Gasteiger partial charge in [-0.25, -0.2) is 9.78 Å². The first kappa shape index (κ1) is 26.0. The molecule has 1 fully saturated rings. The van der Waals surface area contributed by atoms with Crippen molar-refractivity contribution in [3.63, 3.8) is 0 Å². The predicted molar refractivity (Wildman–Crippen MR) is 149 cm³/mol. The Morgan fingerprint density at radius 3 is 2.62 bits per heavy atom. The summed E-state index contributed by atoms with van der Waals surface area (Å²) in [7, 11) is 1.60. The van der Waals surface area contributed by atoms with E-state index >= 15 is 0 Å². The Hall–Kier alpha value is -4.64. The van der Waals surface area contributed by atoms with Crippen molar-refractivity contribution in [2.24, 2.45) is 5.73 Å². The van der Waals surface area contributed by atoms with Crippen LogP contribution in [0, 0.1) is 5.41 Å². The first-order chi connectivity index (χ1) is 19.0. The van der Waals surface area contributed by atoms with E-state index in [1.807, 2.05) is 30.3 Å². The number of likely N-dealkylation sites (tertiary alicyclic amines) is 1. The van der Waals surface area contributed by atoms with Crippen molar-refractivity contribution in [2.45, 2.75) is 18.9 Å². The van der Waals surface area contributed by atoms with Crippen molar-refractivity contribution in [1.82, 2.24) is 24.6 Å². The number of rotatable bonds is 11. The van der Waals surface area contributed by atoms with Crippen molar-refractivity contribution in [2.75, 3.05) is 38.7 Å². The Kier molecular flexibility index (Phi) is 7.88. The van der Waals surface area contributed by atoms with E-state index in [4.69, 9.17) is 20.6 Å². The third-order valence-corrected chi connectivity index (χ3v) is 6.67. The summed E-state index contributed by atoms with van der Waals surface area (Å²) in [5.41, 5.74) is 7.38. The lowest BCUT2D eigenvalue weighted by atomic mass is 10.0. The zero-order chi connectivity index (χ0) is 27.2. The van der Waals surface area contributed by atoms with E-state index in [1.54, 1.807) is 43.6 Å². The van der Waals surface area contributed by atoms with Crippen LogP contribution in [-0.2, 0) is 0 Å². The second kappa shape index (κ2) is 11.8. The number of nitrogens with one attached hydrogen (secondary N) is 3. The first-order valence-electron chi connectivity index (χ1n) is 12.9. The number of nitrogens with two attached hydrogens (primary N) is 1. The third kappa shape index (κ3) is 6.10. The highest BCUT2D eigenvalue weighted by Gasteiger charge is 2.22. The molecule has 1 unspecified atom stereocenters. The molecular formula is C28H32N8O3. The molecule has 39 heavy (non-hydrogen) atoms. The van der Waals surface area contributed by atoms with Crippen LogP contribution in [0.4, 0.5) is 5.69 Å². The molecule has 2 aromatic heterocycles. The minimum Gasteiger partial charge on any atom is -0.493 e. The molecule has 3 heterocycles. The van der Waals surface area contributed by atoms with Gasteiger partial charge < -0.3 is 20.5 Å². The standard InChI is InChI=1S/C28H32N8O3/c1-38-23-18-20(9-12-22(23)39-17-16-35-14-4-5-15-35)25(32-21-10-7-19(8-11-21)26(29)30)27-33-28(37)36(34-27)24-6-2-3-13-31-24/h2-3,6-13,18,25,32H,4-5,14-17H2,1H3,(H3,29,30)(H,33,34,37). The summed E-state index contributed by atoms with van der Waals surface area (Å²) in [6.07, 6.45) is 4.08. The van der Waals surface area contributed by atoms with Crippen LogP contribution in [0.15, 0.2) is 71.7 Å². The summed E-state index contributed by atoms with van der Waals surface area (Å²) in [4.78, 5) is 22.4. The van der Waals surface area contributed by atoms with Gasteiger partial charge >= 0.3 is 5.69 Å². The number of pyridine rings is 1. The van der Waals surface area contributed by atoms with Gasteiger partial charge in [0.1, 0.15) is 18.5 Å². The first-order valence-corrected chi connectivity index (χ1v) is 12.9. The highest BCUT2D eigenvalue weighted by Crippen LogP contribution is 2.33. The molecule has 202 valence electrons. The predicted octanol–water partition coefficient (Wildman–Crippen LogP) is 2.92. The molecule has 0 spiro atoms.